The molecule has 2 fully saturated rings. The molecule has 0 aromatic carbocycles. The van der Waals surface area contributed by atoms with Gasteiger partial charge in [-0.3, -0.25) is 0 Å². The van der Waals surface area contributed by atoms with Crippen molar-refractivity contribution in [1.82, 2.24) is 14.8 Å². The first-order chi connectivity index (χ1) is 11.4. The van der Waals surface area contributed by atoms with Gasteiger partial charge in [0.25, 0.3) is 5.82 Å². The highest BCUT2D eigenvalue weighted by molar-refractivity contribution is 5.84. The summed E-state index contributed by atoms with van der Waals surface area (Å²) in [4.78, 5) is 15.7. The zero-order valence-electron chi connectivity index (χ0n) is 13.9. The number of carbonyl (C=O) groups excluding carboxylic acids is 1. The highest BCUT2D eigenvalue weighted by Gasteiger charge is 2.59. The number of aromatic nitrogens is 3. The summed E-state index contributed by atoms with van der Waals surface area (Å²) in [5.41, 5.74) is 1.04. The minimum absolute atomic E-state index is 0.00707. The van der Waals surface area contributed by atoms with Crippen molar-refractivity contribution in [1.29, 1.82) is 0 Å². The van der Waals surface area contributed by atoms with E-state index in [1.54, 1.807) is 4.68 Å². The highest BCUT2D eigenvalue weighted by Crippen LogP contribution is 2.52. The molecule has 2 heterocycles. The molecule has 8 heteroatoms. The molecule has 1 aliphatic heterocycles. The number of aliphatic hydroxyl groups excluding tert-OH is 1. The lowest BCUT2D eigenvalue weighted by Gasteiger charge is -2.30. The summed E-state index contributed by atoms with van der Waals surface area (Å²) in [6.45, 7) is 3.73. The van der Waals surface area contributed by atoms with E-state index in [9.17, 15) is 9.90 Å². The number of esters is 1. The van der Waals surface area contributed by atoms with E-state index in [0.29, 0.717) is 6.42 Å². The third-order valence-corrected chi connectivity index (χ3v) is 4.97. The number of rotatable bonds is 2. The predicted molar refractivity (Wildman–Crippen MR) is 81.0 cm³/mol. The number of hydrogen-bond donors (Lipinski definition) is 1. The summed E-state index contributed by atoms with van der Waals surface area (Å²) in [7, 11) is 1.29. The second-order valence-corrected chi connectivity index (χ2v) is 6.92. The summed E-state index contributed by atoms with van der Waals surface area (Å²) in [5, 5.41) is 14.8. The predicted octanol–water partition coefficient (Wildman–Crippen LogP) is 0.837. The van der Waals surface area contributed by atoms with Gasteiger partial charge in [0.15, 0.2) is 5.79 Å². The second-order valence-electron chi connectivity index (χ2n) is 6.92. The average molecular weight is 335 g/mol. The maximum Gasteiger partial charge on any atom is 0.377 e. The van der Waals surface area contributed by atoms with Gasteiger partial charge in [0.05, 0.1) is 19.3 Å². The molecule has 130 valence electrons. The molecule has 1 saturated heterocycles. The minimum Gasteiger partial charge on any atom is -0.463 e. The van der Waals surface area contributed by atoms with Crippen LogP contribution in [0, 0.1) is 5.92 Å². The van der Waals surface area contributed by atoms with E-state index in [2.05, 4.69) is 20.9 Å². The van der Waals surface area contributed by atoms with E-state index in [-0.39, 0.29) is 30.0 Å². The summed E-state index contributed by atoms with van der Waals surface area (Å²) < 4.78 is 18.5. The standard InChI is InChI=1S/C16H21N3O5/c1-16(2)23-12-10-8(5-4-6-9(10)20)11(13(12)24-16)19-7-17-14(18-19)15(21)22-3/h5,7,9-13,20H,4,6H2,1-3H3/t9-,10-,11-,12-,13+/m1/s1. The van der Waals surface area contributed by atoms with Crippen molar-refractivity contribution in [3.05, 3.63) is 23.8 Å². The van der Waals surface area contributed by atoms with Crippen LogP contribution in [0.1, 0.15) is 43.3 Å². The fourth-order valence-electron chi connectivity index (χ4n) is 4.11. The molecule has 0 amide bonds. The zero-order chi connectivity index (χ0) is 17.1. The van der Waals surface area contributed by atoms with E-state index in [1.165, 1.54) is 13.4 Å². The normalized spacial score (nSPS) is 36.8. The molecule has 0 radical (unpaired) electrons. The number of ether oxygens (including phenoxy) is 3. The summed E-state index contributed by atoms with van der Waals surface area (Å²) in [6.07, 6.45) is 4.15. The molecule has 1 aromatic rings. The Morgan fingerprint density at radius 2 is 2.17 bits per heavy atom. The van der Waals surface area contributed by atoms with Crippen molar-refractivity contribution >= 4 is 5.97 Å². The van der Waals surface area contributed by atoms with Crippen LogP contribution in [-0.2, 0) is 14.2 Å². The average Bonchev–Trinajstić information content (AvgIpc) is 3.18. The first-order valence-corrected chi connectivity index (χ1v) is 8.14. The van der Waals surface area contributed by atoms with Crippen LogP contribution < -0.4 is 0 Å². The van der Waals surface area contributed by atoms with Crippen LogP contribution in [0.25, 0.3) is 0 Å². The Morgan fingerprint density at radius 3 is 2.92 bits per heavy atom. The number of nitrogens with zero attached hydrogens (tertiary/aromatic N) is 3. The molecule has 0 bridgehead atoms. The SMILES string of the molecule is COC(=O)c1ncn([C@@H]2C3=CCC[C@@H](O)[C@@H]3[C@H]3OC(C)(C)O[C@H]32)n1. The summed E-state index contributed by atoms with van der Waals surface area (Å²) in [6, 6.07) is -0.248. The van der Waals surface area contributed by atoms with Crippen LogP contribution in [0.5, 0.6) is 0 Å². The Balaban J connectivity index is 1.74. The van der Waals surface area contributed by atoms with Gasteiger partial charge in [0, 0.05) is 5.92 Å². The van der Waals surface area contributed by atoms with Gasteiger partial charge in [-0.15, -0.1) is 5.10 Å². The van der Waals surface area contributed by atoms with E-state index >= 15 is 0 Å². The van der Waals surface area contributed by atoms with E-state index < -0.39 is 17.9 Å². The number of carbonyl (C=O) groups is 1. The molecular formula is C16H21N3O5. The number of methoxy groups -OCH3 is 1. The van der Waals surface area contributed by atoms with Crippen molar-refractivity contribution in [2.75, 3.05) is 7.11 Å². The zero-order valence-corrected chi connectivity index (χ0v) is 13.9. The van der Waals surface area contributed by atoms with E-state index in [4.69, 9.17) is 9.47 Å². The monoisotopic (exact) mass is 335 g/mol. The smallest absolute Gasteiger partial charge is 0.377 e. The molecule has 1 saturated carbocycles. The molecule has 0 unspecified atom stereocenters. The summed E-state index contributed by atoms with van der Waals surface area (Å²) >= 11 is 0. The van der Waals surface area contributed by atoms with E-state index in [1.807, 2.05) is 13.8 Å². The first-order valence-electron chi connectivity index (χ1n) is 8.14. The van der Waals surface area contributed by atoms with Crippen molar-refractivity contribution in [3.8, 4) is 0 Å². The van der Waals surface area contributed by atoms with Crippen molar-refractivity contribution < 1.29 is 24.1 Å². The molecular weight excluding hydrogens is 314 g/mol. The van der Waals surface area contributed by atoms with Gasteiger partial charge < -0.3 is 19.3 Å². The maximum atomic E-state index is 11.6. The third kappa shape index (κ3) is 2.28. The van der Waals surface area contributed by atoms with Gasteiger partial charge >= 0.3 is 5.97 Å². The Labute approximate surface area is 139 Å². The van der Waals surface area contributed by atoms with Crippen LogP contribution >= 0.6 is 0 Å². The van der Waals surface area contributed by atoms with Gasteiger partial charge in [0.1, 0.15) is 18.5 Å². The van der Waals surface area contributed by atoms with Gasteiger partial charge in [-0.05, 0) is 32.3 Å². The van der Waals surface area contributed by atoms with Crippen molar-refractivity contribution in [3.63, 3.8) is 0 Å². The minimum atomic E-state index is -0.720. The Morgan fingerprint density at radius 1 is 1.42 bits per heavy atom. The molecule has 4 rings (SSSR count). The molecule has 3 aliphatic rings. The summed E-state index contributed by atoms with van der Waals surface area (Å²) in [5.74, 6) is -1.42. The number of aliphatic hydroxyl groups is 1. The van der Waals surface area contributed by atoms with E-state index in [0.717, 1.165) is 12.0 Å². The largest absolute Gasteiger partial charge is 0.463 e. The lowest BCUT2D eigenvalue weighted by molar-refractivity contribution is -0.160. The molecule has 24 heavy (non-hydrogen) atoms. The van der Waals surface area contributed by atoms with Crippen LogP contribution in [-0.4, -0.2) is 57.0 Å². The number of hydrogen-bond acceptors (Lipinski definition) is 7. The number of allylic oxidation sites excluding steroid dienone is 1. The fraction of sp³-hybridized carbons (Fsp3) is 0.688. The fourth-order valence-corrected chi connectivity index (χ4v) is 4.11. The topological polar surface area (TPSA) is 95.7 Å². The van der Waals surface area contributed by atoms with Crippen LogP contribution in [0.4, 0.5) is 0 Å². The number of fused-ring (bicyclic) bond motifs is 3. The Kier molecular flexibility index (Phi) is 3.52. The van der Waals surface area contributed by atoms with Crippen molar-refractivity contribution in [2.24, 2.45) is 5.92 Å². The molecule has 1 N–H and O–H groups in total. The Hall–Kier alpha value is -1.77. The van der Waals surface area contributed by atoms with Crippen LogP contribution in [0.3, 0.4) is 0 Å². The molecule has 1 aromatic heterocycles. The molecule has 0 spiro atoms. The second kappa shape index (κ2) is 5.37. The van der Waals surface area contributed by atoms with Gasteiger partial charge in [-0.2, -0.15) is 0 Å². The van der Waals surface area contributed by atoms with Crippen LogP contribution in [0.2, 0.25) is 0 Å². The third-order valence-electron chi connectivity index (χ3n) is 4.97. The highest BCUT2D eigenvalue weighted by atomic mass is 16.8. The lowest BCUT2D eigenvalue weighted by atomic mass is 9.85. The van der Waals surface area contributed by atoms with Crippen LogP contribution in [0.15, 0.2) is 18.0 Å². The Bertz CT molecular complexity index is 698. The molecule has 5 atom stereocenters. The maximum absolute atomic E-state index is 11.6. The lowest BCUT2D eigenvalue weighted by Crippen LogP contribution is -2.34. The molecule has 2 aliphatic carbocycles. The van der Waals surface area contributed by atoms with Crippen molar-refractivity contribution in [2.45, 2.75) is 56.8 Å². The molecule has 8 nitrogen and oxygen atoms in total. The first kappa shape index (κ1) is 15.7. The van der Waals surface area contributed by atoms with Gasteiger partial charge in [-0.1, -0.05) is 6.08 Å². The quantitative estimate of drug-likeness (QED) is 0.632. The van der Waals surface area contributed by atoms with Gasteiger partial charge in [0.2, 0.25) is 0 Å². The van der Waals surface area contributed by atoms with Gasteiger partial charge in [-0.25, -0.2) is 14.5 Å².